The average molecular weight is 531 g/mol. The molecule has 0 radical (unpaired) electrons. The lowest BCUT2D eigenvalue weighted by molar-refractivity contribution is -0.135. The highest BCUT2D eigenvalue weighted by Gasteiger charge is 2.41. The number of sulfone groups is 1. The molecular formula is C26H50N4O5S. The first-order valence-electron chi connectivity index (χ1n) is 13.6. The molecule has 3 aliphatic heterocycles. The SMILES string of the molecule is COC(COC1CCN(C)CC1)CN(C)C(=O)CC1CCN(C)CC1C1CC(S(C)(=O)=O)CCN1C. The molecule has 0 bridgehead atoms. The first kappa shape index (κ1) is 29.8. The number of ether oxygens (including phenoxy) is 2. The highest BCUT2D eigenvalue weighted by molar-refractivity contribution is 7.91. The number of nitrogens with zero attached hydrogens (tertiary/aromatic N) is 4. The number of likely N-dealkylation sites (N-methyl/N-ethyl adjacent to an activating group) is 1. The number of hydrogen-bond acceptors (Lipinski definition) is 8. The van der Waals surface area contributed by atoms with E-state index in [0.717, 1.165) is 52.0 Å². The van der Waals surface area contributed by atoms with Crippen molar-refractivity contribution in [1.82, 2.24) is 19.6 Å². The Kier molecular flexibility index (Phi) is 11.0. The molecule has 36 heavy (non-hydrogen) atoms. The molecule has 0 aromatic rings. The first-order valence-corrected chi connectivity index (χ1v) is 15.6. The summed E-state index contributed by atoms with van der Waals surface area (Å²) in [6, 6.07) is 0.180. The van der Waals surface area contributed by atoms with Gasteiger partial charge in [-0.05, 0) is 78.2 Å². The van der Waals surface area contributed by atoms with Gasteiger partial charge in [-0.3, -0.25) is 4.79 Å². The molecule has 3 heterocycles. The molecule has 1 amide bonds. The highest BCUT2D eigenvalue weighted by Crippen LogP contribution is 2.36. The fourth-order valence-electron chi connectivity index (χ4n) is 6.24. The molecular weight excluding hydrogens is 480 g/mol. The van der Waals surface area contributed by atoms with Gasteiger partial charge < -0.3 is 29.1 Å². The van der Waals surface area contributed by atoms with Crippen molar-refractivity contribution in [3.05, 3.63) is 0 Å². The van der Waals surface area contributed by atoms with Gasteiger partial charge in [-0.15, -0.1) is 0 Å². The lowest BCUT2D eigenvalue weighted by Crippen LogP contribution is -2.54. The number of carbonyl (C=O) groups excluding carboxylic acids is 1. The van der Waals surface area contributed by atoms with Gasteiger partial charge in [0.15, 0.2) is 0 Å². The van der Waals surface area contributed by atoms with Crippen molar-refractivity contribution in [2.75, 3.05) is 87.4 Å². The standard InChI is InChI=1S/C26H50N4O5S/c1-27-12-8-21(9-13-27)35-19-22(34-5)17-30(4)26(31)15-20-7-11-28(2)18-24(20)25-16-23(36(6,32)33)10-14-29(25)3/h20-25H,7-19H2,1-6H3. The second-order valence-electron chi connectivity index (χ2n) is 11.7. The van der Waals surface area contributed by atoms with E-state index in [2.05, 4.69) is 35.8 Å². The number of likely N-dealkylation sites (tertiary alicyclic amines) is 3. The Hall–Kier alpha value is -0.780. The largest absolute Gasteiger partial charge is 0.377 e. The third-order valence-electron chi connectivity index (χ3n) is 8.84. The smallest absolute Gasteiger partial charge is 0.222 e. The van der Waals surface area contributed by atoms with Crippen molar-refractivity contribution in [3.63, 3.8) is 0 Å². The van der Waals surface area contributed by atoms with Gasteiger partial charge in [0, 0.05) is 59.1 Å². The molecule has 10 heteroatoms. The molecule has 3 fully saturated rings. The minimum absolute atomic E-state index is 0.133. The van der Waals surface area contributed by atoms with E-state index in [0.29, 0.717) is 32.4 Å². The van der Waals surface area contributed by atoms with E-state index in [-0.39, 0.29) is 41.2 Å². The third kappa shape index (κ3) is 8.36. The quantitative estimate of drug-likeness (QED) is 0.414. The number of amides is 1. The molecule has 0 aromatic heterocycles. The van der Waals surface area contributed by atoms with E-state index in [1.54, 1.807) is 12.0 Å². The van der Waals surface area contributed by atoms with Gasteiger partial charge >= 0.3 is 0 Å². The van der Waals surface area contributed by atoms with Crippen LogP contribution in [0.25, 0.3) is 0 Å². The molecule has 3 saturated heterocycles. The average Bonchev–Trinajstić information content (AvgIpc) is 2.83. The van der Waals surface area contributed by atoms with Crippen molar-refractivity contribution in [2.24, 2.45) is 11.8 Å². The highest BCUT2D eigenvalue weighted by atomic mass is 32.2. The second kappa shape index (κ2) is 13.3. The predicted molar refractivity (Wildman–Crippen MR) is 143 cm³/mol. The Bertz CT molecular complexity index is 804. The Morgan fingerprint density at radius 2 is 1.69 bits per heavy atom. The van der Waals surface area contributed by atoms with Crippen LogP contribution in [0.4, 0.5) is 0 Å². The fraction of sp³-hybridized carbons (Fsp3) is 0.962. The van der Waals surface area contributed by atoms with Gasteiger partial charge in [0.2, 0.25) is 5.91 Å². The summed E-state index contributed by atoms with van der Waals surface area (Å²) in [5.41, 5.74) is 0. The number of hydrogen-bond donors (Lipinski definition) is 0. The zero-order valence-electron chi connectivity index (χ0n) is 23.4. The molecule has 0 aliphatic carbocycles. The van der Waals surface area contributed by atoms with Gasteiger partial charge in [-0.2, -0.15) is 0 Å². The van der Waals surface area contributed by atoms with Crippen LogP contribution in [-0.2, 0) is 24.1 Å². The lowest BCUT2D eigenvalue weighted by Gasteiger charge is -2.47. The summed E-state index contributed by atoms with van der Waals surface area (Å²) in [7, 11) is 6.85. The molecule has 0 saturated carbocycles. The number of piperidine rings is 3. The summed E-state index contributed by atoms with van der Waals surface area (Å²) in [4.78, 5) is 22.1. The summed E-state index contributed by atoms with van der Waals surface area (Å²) in [5, 5.41) is -0.281. The summed E-state index contributed by atoms with van der Waals surface area (Å²) in [5.74, 6) is 0.661. The Morgan fingerprint density at radius 3 is 2.33 bits per heavy atom. The van der Waals surface area contributed by atoms with Crippen LogP contribution in [0.2, 0.25) is 0 Å². The van der Waals surface area contributed by atoms with E-state index in [1.165, 1.54) is 6.26 Å². The molecule has 3 aliphatic rings. The topological polar surface area (TPSA) is 82.6 Å². The van der Waals surface area contributed by atoms with Crippen LogP contribution in [0.5, 0.6) is 0 Å². The number of methoxy groups -OCH3 is 1. The zero-order valence-corrected chi connectivity index (χ0v) is 24.2. The first-order chi connectivity index (χ1) is 17.0. The monoisotopic (exact) mass is 530 g/mol. The molecule has 210 valence electrons. The third-order valence-corrected chi connectivity index (χ3v) is 10.5. The van der Waals surface area contributed by atoms with E-state index < -0.39 is 9.84 Å². The van der Waals surface area contributed by atoms with Gasteiger partial charge in [0.1, 0.15) is 9.84 Å². The fourth-order valence-corrected chi connectivity index (χ4v) is 7.32. The zero-order chi connectivity index (χ0) is 26.5. The molecule has 3 rings (SSSR count). The van der Waals surface area contributed by atoms with Crippen LogP contribution in [0.1, 0.15) is 38.5 Å². The summed E-state index contributed by atoms with van der Waals surface area (Å²) in [6.45, 7) is 5.78. The summed E-state index contributed by atoms with van der Waals surface area (Å²) in [6.07, 6.45) is 6.37. The van der Waals surface area contributed by atoms with Crippen LogP contribution in [0, 0.1) is 11.8 Å². The van der Waals surface area contributed by atoms with Crippen molar-refractivity contribution < 1.29 is 22.7 Å². The maximum Gasteiger partial charge on any atom is 0.222 e. The van der Waals surface area contributed by atoms with E-state index in [9.17, 15) is 13.2 Å². The van der Waals surface area contributed by atoms with Gasteiger partial charge in [-0.25, -0.2) is 8.42 Å². The van der Waals surface area contributed by atoms with E-state index in [4.69, 9.17) is 9.47 Å². The number of carbonyl (C=O) groups is 1. The second-order valence-corrected chi connectivity index (χ2v) is 14.0. The van der Waals surface area contributed by atoms with Gasteiger partial charge in [-0.1, -0.05) is 0 Å². The molecule has 5 atom stereocenters. The summed E-state index contributed by atoms with van der Waals surface area (Å²) < 4.78 is 36.4. The predicted octanol–water partition coefficient (Wildman–Crippen LogP) is 1.04. The molecule has 9 nitrogen and oxygen atoms in total. The van der Waals surface area contributed by atoms with E-state index in [1.807, 2.05) is 7.05 Å². The van der Waals surface area contributed by atoms with Crippen molar-refractivity contribution in [2.45, 2.75) is 62.0 Å². The lowest BCUT2D eigenvalue weighted by atomic mass is 9.75. The van der Waals surface area contributed by atoms with Crippen molar-refractivity contribution in [3.8, 4) is 0 Å². The van der Waals surface area contributed by atoms with Crippen LogP contribution < -0.4 is 0 Å². The van der Waals surface area contributed by atoms with Gasteiger partial charge in [0.05, 0.1) is 24.1 Å². The molecule has 0 aromatic carbocycles. The maximum absolute atomic E-state index is 13.3. The van der Waals surface area contributed by atoms with Crippen LogP contribution in [-0.4, -0.2) is 145 Å². The molecule has 5 unspecified atom stereocenters. The summed E-state index contributed by atoms with van der Waals surface area (Å²) >= 11 is 0. The van der Waals surface area contributed by atoms with Crippen molar-refractivity contribution in [1.29, 1.82) is 0 Å². The normalized spacial score (nSPS) is 30.8. The minimum Gasteiger partial charge on any atom is -0.377 e. The Labute approximate surface area is 219 Å². The van der Waals surface area contributed by atoms with Crippen LogP contribution in [0.3, 0.4) is 0 Å². The van der Waals surface area contributed by atoms with Crippen LogP contribution in [0.15, 0.2) is 0 Å². The van der Waals surface area contributed by atoms with Crippen molar-refractivity contribution >= 4 is 15.7 Å². The minimum atomic E-state index is -3.06. The molecule has 0 spiro atoms. The molecule has 0 N–H and O–H groups in total. The number of rotatable bonds is 10. The van der Waals surface area contributed by atoms with Gasteiger partial charge in [0.25, 0.3) is 0 Å². The Morgan fingerprint density at radius 1 is 1.03 bits per heavy atom. The Balaban J connectivity index is 1.56. The maximum atomic E-state index is 13.3. The van der Waals surface area contributed by atoms with Crippen LogP contribution >= 0.6 is 0 Å². The van der Waals surface area contributed by atoms with E-state index >= 15 is 0 Å².